The smallest absolute Gasteiger partial charge is 0.258 e. The van der Waals surface area contributed by atoms with Crippen molar-refractivity contribution >= 4 is 5.91 Å². The molecule has 0 radical (unpaired) electrons. The van der Waals surface area contributed by atoms with Crippen molar-refractivity contribution in [3.63, 3.8) is 0 Å². The third-order valence-corrected chi connectivity index (χ3v) is 5.11. The summed E-state index contributed by atoms with van der Waals surface area (Å²) in [7, 11) is 4.02. The number of carbonyl (C=O) groups is 1. The Hall–Kier alpha value is -3.51. The van der Waals surface area contributed by atoms with Gasteiger partial charge in [-0.05, 0) is 49.5 Å². The molecule has 1 heterocycles. The molecule has 3 aromatic carbocycles. The molecule has 4 rings (SSSR count). The molecule has 32 heavy (non-hydrogen) atoms. The van der Waals surface area contributed by atoms with Crippen LogP contribution in [0.15, 0.2) is 72.8 Å². The highest BCUT2D eigenvalue weighted by molar-refractivity contribution is 5.77. The molecule has 0 fully saturated rings. The van der Waals surface area contributed by atoms with E-state index in [0.29, 0.717) is 31.2 Å². The van der Waals surface area contributed by atoms with Gasteiger partial charge in [-0.25, -0.2) is 0 Å². The molecule has 0 bridgehead atoms. The van der Waals surface area contributed by atoms with Gasteiger partial charge in [0.25, 0.3) is 5.91 Å². The van der Waals surface area contributed by atoms with Gasteiger partial charge in [-0.1, -0.05) is 48.5 Å². The molecule has 1 amide bonds. The van der Waals surface area contributed by atoms with Gasteiger partial charge in [-0.2, -0.15) is 0 Å². The van der Waals surface area contributed by atoms with Crippen LogP contribution in [0.25, 0.3) is 11.1 Å². The highest BCUT2D eigenvalue weighted by Crippen LogP contribution is 2.31. The maximum absolute atomic E-state index is 12.4. The first kappa shape index (κ1) is 21.7. The number of rotatable bonds is 8. The number of benzene rings is 3. The Morgan fingerprint density at radius 2 is 1.75 bits per heavy atom. The molecule has 0 unspecified atom stereocenters. The number of para-hydroxylation sites is 2. The minimum Gasteiger partial charge on any atom is -0.486 e. The molecular formula is C26H28N2O4. The van der Waals surface area contributed by atoms with Crippen molar-refractivity contribution in [1.29, 1.82) is 0 Å². The van der Waals surface area contributed by atoms with E-state index >= 15 is 0 Å². The van der Waals surface area contributed by atoms with Crippen molar-refractivity contribution in [2.24, 2.45) is 0 Å². The van der Waals surface area contributed by atoms with Crippen molar-refractivity contribution in [3.8, 4) is 28.4 Å². The number of nitrogens with zero attached hydrogens (tertiary/aromatic N) is 1. The minimum atomic E-state index is -0.233. The lowest BCUT2D eigenvalue weighted by Crippen LogP contribution is -2.42. The second-order valence-corrected chi connectivity index (χ2v) is 8.02. The van der Waals surface area contributed by atoms with Crippen molar-refractivity contribution in [2.45, 2.75) is 12.6 Å². The fourth-order valence-electron chi connectivity index (χ4n) is 3.58. The summed E-state index contributed by atoms with van der Waals surface area (Å²) in [6, 6.07) is 23.8. The van der Waals surface area contributed by atoms with Crippen molar-refractivity contribution in [2.75, 3.05) is 33.9 Å². The molecule has 0 aliphatic carbocycles. The lowest BCUT2D eigenvalue weighted by molar-refractivity contribution is -0.123. The van der Waals surface area contributed by atoms with Crippen LogP contribution in [0.1, 0.15) is 5.56 Å². The van der Waals surface area contributed by atoms with Crippen molar-refractivity contribution in [1.82, 2.24) is 10.2 Å². The average molecular weight is 433 g/mol. The summed E-state index contributed by atoms with van der Waals surface area (Å²) in [4.78, 5) is 14.5. The van der Waals surface area contributed by atoms with E-state index in [1.165, 1.54) is 0 Å². The van der Waals surface area contributed by atoms with Crippen molar-refractivity contribution in [3.05, 3.63) is 78.4 Å². The van der Waals surface area contributed by atoms with Crippen LogP contribution in [0, 0.1) is 0 Å². The van der Waals surface area contributed by atoms with E-state index in [9.17, 15) is 4.79 Å². The van der Waals surface area contributed by atoms with E-state index < -0.39 is 0 Å². The van der Waals surface area contributed by atoms with Crippen LogP contribution in [-0.4, -0.2) is 50.8 Å². The summed E-state index contributed by atoms with van der Waals surface area (Å²) in [6.45, 7) is 1.40. The first-order valence-electron chi connectivity index (χ1n) is 10.7. The molecular weight excluding hydrogens is 404 g/mol. The van der Waals surface area contributed by atoms with Gasteiger partial charge in [-0.3, -0.25) is 4.79 Å². The highest BCUT2D eigenvalue weighted by Gasteiger charge is 2.21. The number of ether oxygens (including phenoxy) is 3. The molecule has 1 aliphatic rings. The number of fused-ring (bicyclic) bond motifs is 1. The van der Waals surface area contributed by atoms with Gasteiger partial charge in [0.1, 0.15) is 18.5 Å². The molecule has 0 saturated heterocycles. The zero-order valence-electron chi connectivity index (χ0n) is 18.4. The van der Waals surface area contributed by atoms with Crippen LogP contribution in [0.5, 0.6) is 17.2 Å². The fraction of sp³-hybridized carbons (Fsp3) is 0.269. The summed E-state index contributed by atoms with van der Waals surface area (Å²) in [6.07, 6.45) is -0.233. The van der Waals surface area contributed by atoms with Crippen LogP contribution in [0.4, 0.5) is 0 Å². The molecule has 3 aromatic rings. The van der Waals surface area contributed by atoms with E-state index in [1.807, 2.05) is 68.7 Å². The number of carbonyl (C=O) groups excluding carboxylic acids is 1. The molecule has 1 atom stereocenters. The van der Waals surface area contributed by atoms with Crippen LogP contribution in [-0.2, 0) is 11.3 Å². The normalized spacial score (nSPS) is 14.8. The number of amides is 1. The molecule has 0 saturated carbocycles. The molecule has 0 aromatic heterocycles. The lowest BCUT2D eigenvalue weighted by atomic mass is 10.0. The van der Waals surface area contributed by atoms with Gasteiger partial charge in [0, 0.05) is 12.1 Å². The molecule has 1 N–H and O–H groups in total. The Bertz CT molecular complexity index is 1050. The summed E-state index contributed by atoms with van der Waals surface area (Å²) < 4.78 is 17.4. The van der Waals surface area contributed by atoms with Gasteiger partial charge in [0.2, 0.25) is 0 Å². The Kier molecular flexibility index (Phi) is 6.92. The number of hydrogen-bond acceptors (Lipinski definition) is 5. The van der Waals surface area contributed by atoms with Crippen molar-refractivity contribution < 1.29 is 19.0 Å². The van der Waals surface area contributed by atoms with E-state index in [-0.39, 0.29) is 18.6 Å². The van der Waals surface area contributed by atoms with Crippen LogP contribution < -0.4 is 19.5 Å². The number of nitrogens with one attached hydrogen (secondary N) is 1. The molecule has 0 spiro atoms. The molecule has 6 heteroatoms. The van der Waals surface area contributed by atoms with Gasteiger partial charge in [0.05, 0.1) is 6.54 Å². The van der Waals surface area contributed by atoms with Gasteiger partial charge < -0.3 is 24.4 Å². The highest BCUT2D eigenvalue weighted by atomic mass is 16.6. The van der Waals surface area contributed by atoms with Crippen LogP contribution >= 0.6 is 0 Å². The topological polar surface area (TPSA) is 60.0 Å². The van der Waals surface area contributed by atoms with Gasteiger partial charge >= 0.3 is 0 Å². The monoisotopic (exact) mass is 432 g/mol. The summed E-state index contributed by atoms with van der Waals surface area (Å²) in [5.74, 6) is 1.93. The van der Waals surface area contributed by atoms with Crippen LogP contribution in [0.3, 0.4) is 0 Å². The fourth-order valence-corrected chi connectivity index (χ4v) is 3.58. The quantitative estimate of drug-likeness (QED) is 0.588. The number of hydrogen-bond donors (Lipinski definition) is 1. The molecule has 6 nitrogen and oxygen atoms in total. The summed E-state index contributed by atoms with van der Waals surface area (Å²) in [5, 5.41) is 2.87. The third-order valence-electron chi connectivity index (χ3n) is 5.11. The second-order valence-electron chi connectivity index (χ2n) is 8.02. The van der Waals surface area contributed by atoms with E-state index in [1.54, 1.807) is 0 Å². The largest absolute Gasteiger partial charge is 0.486 e. The predicted octanol–water partition coefficient (Wildman–Crippen LogP) is 3.75. The standard InChI is InChI=1S/C26H28N2O4/c1-28(2)16-21-14-20(19-8-4-3-5-9-19)12-13-23(21)31-18-26(29)27-15-22-17-30-24-10-6-7-11-25(24)32-22/h3-14,22H,15-18H2,1-2H3,(H,27,29)/t22-/m1/s1. The summed E-state index contributed by atoms with van der Waals surface area (Å²) >= 11 is 0. The molecule has 1 aliphatic heterocycles. The zero-order chi connectivity index (χ0) is 22.3. The average Bonchev–Trinajstić information content (AvgIpc) is 2.82. The minimum absolute atomic E-state index is 0.0602. The van der Waals surface area contributed by atoms with Gasteiger partial charge in [-0.15, -0.1) is 0 Å². The Morgan fingerprint density at radius 3 is 2.53 bits per heavy atom. The second kappa shape index (κ2) is 10.2. The maximum atomic E-state index is 12.4. The lowest BCUT2D eigenvalue weighted by Gasteiger charge is -2.26. The Morgan fingerprint density at radius 1 is 1.00 bits per heavy atom. The first-order valence-corrected chi connectivity index (χ1v) is 10.7. The van der Waals surface area contributed by atoms with Gasteiger partial charge in [0.15, 0.2) is 18.1 Å². The van der Waals surface area contributed by atoms with Crippen LogP contribution in [0.2, 0.25) is 0 Å². The SMILES string of the molecule is CN(C)Cc1cc(-c2ccccc2)ccc1OCC(=O)NC[C@@H]1COc2ccccc2O1. The summed E-state index contributed by atoms with van der Waals surface area (Å²) in [5.41, 5.74) is 3.30. The first-order chi connectivity index (χ1) is 15.6. The zero-order valence-corrected chi connectivity index (χ0v) is 18.4. The van der Waals surface area contributed by atoms with E-state index in [2.05, 4.69) is 28.4 Å². The Labute approximate surface area is 188 Å². The third kappa shape index (κ3) is 5.59. The maximum Gasteiger partial charge on any atom is 0.258 e. The van der Waals surface area contributed by atoms with E-state index in [4.69, 9.17) is 14.2 Å². The van der Waals surface area contributed by atoms with E-state index in [0.717, 1.165) is 22.4 Å². The molecule has 166 valence electrons. The Balaban J connectivity index is 1.34. The predicted molar refractivity (Wildman–Crippen MR) is 124 cm³/mol.